The molecule has 6 nitrogen and oxygen atoms in total. The van der Waals surface area contributed by atoms with Gasteiger partial charge in [0.05, 0.1) is 12.5 Å². The Labute approximate surface area is 114 Å². The van der Waals surface area contributed by atoms with Crippen LogP contribution in [0.5, 0.6) is 0 Å². The summed E-state index contributed by atoms with van der Waals surface area (Å²) in [7, 11) is 1.61. The number of methoxy groups -OCH3 is 1. The molecule has 0 spiro atoms. The Morgan fingerprint density at radius 1 is 1.47 bits per heavy atom. The van der Waals surface area contributed by atoms with Crippen LogP contribution in [-0.2, 0) is 9.53 Å². The second-order valence-electron chi connectivity index (χ2n) is 4.96. The minimum Gasteiger partial charge on any atom is -0.481 e. The molecule has 1 heterocycles. The molecule has 110 valence electrons. The Kier molecular flexibility index (Phi) is 6.08. The predicted octanol–water partition coefficient (Wildman–Crippen LogP) is 1.26. The molecule has 0 aromatic carbocycles. The van der Waals surface area contributed by atoms with Gasteiger partial charge in [0.2, 0.25) is 0 Å². The Balaban J connectivity index is 2.59. The second kappa shape index (κ2) is 7.33. The van der Waals surface area contributed by atoms with E-state index in [1.807, 2.05) is 13.8 Å². The first-order valence-electron chi connectivity index (χ1n) is 6.78. The number of carbonyl (C=O) groups is 2. The number of hydrogen-bond acceptors (Lipinski definition) is 3. The molecule has 1 aliphatic rings. The van der Waals surface area contributed by atoms with Gasteiger partial charge < -0.3 is 19.6 Å². The summed E-state index contributed by atoms with van der Waals surface area (Å²) in [5, 5.41) is 9.02. The van der Waals surface area contributed by atoms with Crippen LogP contribution in [0.25, 0.3) is 0 Å². The first kappa shape index (κ1) is 15.8. The van der Waals surface area contributed by atoms with Gasteiger partial charge >= 0.3 is 12.0 Å². The molecule has 0 bridgehead atoms. The molecule has 2 amide bonds. The molecule has 1 fully saturated rings. The number of carboxylic acids is 1. The summed E-state index contributed by atoms with van der Waals surface area (Å²) < 4.78 is 5.00. The second-order valence-corrected chi connectivity index (χ2v) is 4.96. The van der Waals surface area contributed by atoms with Crippen molar-refractivity contribution >= 4 is 12.0 Å². The van der Waals surface area contributed by atoms with Crippen LogP contribution in [0.4, 0.5) is 4.79 Å². The van der Waals surface area contributed by atoms with Crippen molar-refractivity contribution in [2.45, 2.75) is 32.7 Å². The van der Waals surface area contributed by atoms with E-state index >= 15 is 0 Å². The highest BCUT2D eigenvalue weighted by atomic mass is 16.5. The van der Waals surface area contributed by atoms with Crippen molar-refractivity contribution in [2.24, 2.45) is 5.92 Å². The van der Waals surface area contributed by atoms with E-state index in [4.69, 9.17) is 9.84 Å². The zero-order valence-corrected chi connectivity index (χ0v) is 12.0. The summed E-state index contributed by atoms with van der Waals surface area (Å²) in [6.45, 7) is 6.07. The molecule has 2 unspecified atom stereocenters. The maximum atomic E-state index is 12.4. The van der Waals surface area contributed by atoms with Crippen molar-refractivity contribution in [3.8, 4) is 0 Å². The monoisotopic (exact) mass is 272 g/mol. The molecule has 1 rings (SSSR count). The van der Waals surface area contributed by atoms with Crippen LogP contribution >= 0.6 is 0 Å². The van der Waals surface area contributed by atoms with Crippen LogP contribution < -0.4 is 0 Å². The number of carboxylic acid groups (broad SMARTS) is 1. The molecule has 0 aromatic rings. The van der Waals surface area contributed by atoms with Gasteiger partial charge in [-0.05, 0) is 26.7 Å². The van der Waals surface area contributed by atoms with Crippen molar-refractivity contribution in [2.75, 3.05) is 33.4 Å². The van der Waals surface area contributed by atoms with Crippen LogP contribution in [0.15, 0.2) is 0 Å². The van der Waals surface area contributed by atoms with Crippen molar-refractivity contribution in [3.05, 3.63) is 0 Å². The van der Waals surface area contributed by atoms with Crippen molar-refractivity contribution in [1.82, 2.24) is 9.80 Å². The highest BCUT2D eigenvalue weighted by Gasteiger charge is 2.33. The number of urea groups is 1. The van der Waals surface area contributed by atoms with E-state index < -0.39 is 5.97 Å². The topological polar surface area (TPSA) is 70.1 Å². The summed E-state index contributed by atoms with van der Waals surface area (Å²) in [5.41, 5.74) is 0. The molecule has 1 aliphatic heterocycles. The van der Waals surface area contributed by atoms with Gasteiger partial charge in [-0.2, -0.15) is 0 Å². The van der Waals surface area contributed by atoms with Crippen LogP contribution in [0.2, 0.25) is 0 Å². The van der Waals surface area contributed by atoms with Crippen molar-refractivity contribution in [1.29, 1.82) is 0 Å². The number of ether oxygens (including phenoxy) is 1. The van der Waals surface area contributed by atoms with E-state index in [0.29, 0.717) is 39.1 Å². The number of rotatable bonds is 5. The number of aliphatic carboxylic acids is 1. The molecule has 19 heavy (non-hydrogen) atoms. The van der Waals surface area contributed by atoms with Gasteiger partial charge in [0.1, 0.15) is 0 Å². The lowest BCUT2D eigenvalue weighted by molar-refractivity contribution is -0.143. The molecular formula is C13H24N2O4. The standard InChI is InChI=1S/C13H24N2O4/c1-4-14(7-8-19-3)13(18)15-6-5-11(12(16)17)9-10(15)2/h10-11H,4-9H2,1-3H3,(H,16,17). The Morgan fingerprint density at radius 3 is 2.63 bits per heavy atom. The average molecular weight is 272 g/mol. The maximum Gasteiger partial charge on any atom is 0.320 e. The van der Waals surface area contributed by atoms with Crippen LogP contribution in [0.1, 0.15) is 26.7 Å². The van der Waals surface area contributed by atoms with Gasteiger partial charge in [0.25, 0.3) is 0 Å². The van der Waals surface area contributed by atoms with E-state index in [2.05, 4.69) is 0 Å². The minimum absolute atomic E-state index is 0.0177. The molecule has 0 radical (unpaired) electrons. The smallest absolute Gasteiger partial charge is 0.320 e. The lowest BCUT2D eigenvalue weighted by Crippen LogP contribution is -2.52. The van der Waals surface area contributed by atoms with E-state index in [0.717, 1.165) is 0 Å². The number of piperidine rings is 1. The normalized spacial score (nSPS) is 23.2. The van der Waals surface area contributed by atoms with Crippen molar-refractivity contribution in [3.63, 3.8) is 0 Å². The molecule has 0 aliphatic carbocycles. The maximum absolute atomic E-state index is 12.4. The Bertz CT molecular complexity index is 322. The third-order valence-electron chi connectivity index (χ3n) is 3.69. The fraction of sp³-hybridized carbons (Fsp3) is 0.846. The van der Waals surface area contributed by atoms with Gasteiger partial charge in [-0.25, -0.2) is 4.79 Å². The van der Waals surface area contributed by atoms with Gasteiger partial charge in [0, 0.05) is 32.8 Å². The number of carbonyl (C=O) groups excluding carboxylic acids is 1. The number of likely N-dealkylation sites (tertiary alicyclic amines) is 1. The minimum atomic E-state index is -0.759. The molecule has 2 atom stereocenters. The summed E-state index contributed by atoms with van der Waals surface area (Å²) in [5.74, 6) is -1.08. The first-order chi connectivity index (χ1) is 9.01. The quantitative estimate of drug-likeness (QED) is 0.818. The van der Waals surface area contributed by atoms with Gasteiger partial charge in [-0.1, -0.05) is 0 Å². The van der Waals surface area contributed by atoms with E-state index in [9.17, 15) is 9.59 Å². The van der Waals surface area contributed by atoms with Crippen molar-refractivity contribution < 1.29 is 19.4 Å². The number of likely N-dealkylation sites (N-methyl/N-ethyl adjacent to an activating group) is 1. The lowest BCUT2D eigenvalue weighted by atomic mass is 9.92. The molecular weight excluding hydrogens is 248 g/mol. The Hall–Kier alpha value is -1.30. The lowest BCUT2D eigenvalue weighted by Gasteiger charge is -2.39. The average Bonchev–Trinajstić information content (AvgIpc) is 2.39. The number of nitrogens with zero attached hydrogens (tertiary/aromatic N) is 2. The summed E-state index contributed by atoms with van der Waals surface area (Å²) in [6, 6.07) is -0.0465. The largest absolute Gasteiger partial charge is 0.481 e. The number of hydrogen-bond donors (Lipinski definition) is 1. The molecule has 1 N–H and O–H groups in total. The Morgan fingerprint density at radius 2 is 2.16 bits per heavy atom. The number of amides is 2. The van der Waals surface area contributed by atoms with E-state index in [1.54, 1.807) is 16.9 Å². The van der Waals surface area contributed by atoms with Gasteiger partial charge in [-0.3, -0.25) is 4.79 Å². The third-order valence-corrected chi connectivity index (χ3v) is 3.69. The summed E-state index contributed by atoms with van der Waals surface area (Å²) in [4.78, 5) is 26.9. The van der Waals surface area contributed by atoms with Crippen LogP contribution in [-0.4, -0.2) is 66.3 Å². The SMILES string of the molecule is CCN(CCOC)C(=O)N1CCC(C(=O)O)CC1C. The zero-order chi connectivity index (χ0) is 14.4. The third kappa shape index (κ3) is 4.09. The van der Waals surface area contributed by atoms with Crippen LogP contribution in [0.3, 0.4) is 0 Å². The molecule has 6 heteroatoms. The van der Waals surface area contributed by atoms with Gasteiger partial charge in [-0.15, -0.1) is 0 Å². The molecule has 0 aromatic heterocycles. The predicted molar refractivity (Wildman–Crippen MR) is 71.0 cm³/mol. The first-order valence-corrected chi connectivity index (χ1v) is 6.78. The fourth-order valence-corrected chi connectivity index (χ4v) is 2.45. The highest BCUT2D eigenvalue weighted by molar-refractivity contribution is 5.76. The summed E-state index contributed by atoms with van der Waals surface area (Å²) in [6.07, 6.45) is 1.07. The van der Waals surface area contributed by atoms with E-state index in [-0.39, 0.29) is 18.0 Å². The fourth-order valence-electron chi connectivity index (χ4n) is 2.45. The summed E-state index contributed by atoms with van der Waals surface area (Å²) >= 11 is 0. The zero-order valence-electron chi connectivity index (χ0n) is 12.0. The molecule has 1 saturated heterocycles. The molecule has 0 saturated carbocycles. The van der Waals surface area contributed by atoms with Crippen LogP contribution in [0, 0.1) is 5.92 Å². The van der Waals surface area contributed by atoms with Gasteiger partial charge in [0.15, 0.2) is 0 Å². The van der Waals surface area contributed by atoms with E-state index in [1.165, 1.54) is 0 Å². The highest BCUT2D eigenvalue weighted by Crippen LogP contribution is 2.24.